The zero-order chi connectivity index (χ0) is 30.2. The smallest absolute Gasteiger partial charge is 0.224 e. The molecule has 234 valence electrons. The number of aromatic nitrogens is 4. The van der Waals surface area contributed by atoms with Gasteiger partial charge in [0.15, 0.2) is 5.65 Å². The molecule has 12 heteroatoms. The fourth-order valence-electron chi connectivity index (χ4n) is 6.24. The van der Waals surface area contributed by atoms with Crippen molar-refractivity contribution in [3.63, 3.8) is 0 Å². The first-order valence-electron chi connectivity index (χ1n) is 15.8. The maximum Gasteiger partial charge on any atom is 0.224 e. The van der Waals surface area contributed by atoms with Crippen molar-refractivity contribution in [3.8, 4) is 0 Å². The number of unbranched alkanes of at least 4 members (excludes halogenated alkanes) is 1. The monoisotopic (exact) mass is 598 g/mol. The Bertz CT molecular complexity index is 1330. The summed E-state index contributed by atoms with van der Waals surface area (Å²) in [5.74, 6) is -0.247. The van der Waals surface area contributed by atoms with Crippen LogP contribution in [0.2, 0.25) is 0 Å². The summed E-state index contributed by atoms with van der Waals surface area (Å²) in [6, 6.07) is 3.88. The van der Waals surface area contributed by atoms with E-state index in [1.165, 1.54) is 18.2 Å². The van der Waals surface area contributed by atoms with Crippen molar-refractivity contribution in [2.24, 2.45) is 11.8 Å². The molecule has 5 rings (SSSR count). The molecular formula is C31H44F2N8O2. The molecule has 2 heterocycles. The molecule has 1 aromatic carbocycles. The maximum atomic E-state index is 14.5. The van der Waals surface area contributed by atoms with Crippen LogP contribution in [0.15, 0.2) is 24.4 Å². The number of nitrogens with one attached hydrogen (secondary N) is 4. The number of hydrogen-bond donors (Lipinski definition) is 5. The molecule has 0 atom stereocenters. The van der Waals surface area contributed by atoms with Crippen molar-refractivity contribution in [2.75, 3.05) is 36.9 Å². The molecule has 0 radical (unpaired) electrons. The van der Waals surface area contributed by atoms with Gasteiger partial charge in [0.1, 0.15) is 22.8 Å². The maximum absolute atomic E-state index is 14.5. The van der Waals surface area contributed by atoms with Gasteiger partial charge >= 0.3 is 0 Å². The van der Waals surface area contributed by atoms with E-state index in [1.54, 1.807) is 6.20 Å². The Morgan fingerprint density at radius 2 is 1.74 bits per heavy atom. The quantitative estimate of drug-likeness (QED) is 0.173. The highest BCUT2D eigenvalue weighted by Gasteiger charge is 2.29. The number of fused-ring (bicyclic) bond motifs is 1. The third-order valence-corrected chi connectivity index (χ3v) is 8.81. The molecule has 0 saturated heterocycles. The highest BCUT2D eigenvalue weighted by Crippen LogP contribution is 2.37. The largest absolute Gasteiger partial charge is 0.396 e. The van der Waals surface area contributed by atoms with Gasteiger partial charge in [0.2, 0.25) is 17.8 Å². The number of aliphatic hydroxyl groups excluding tert-OH is 1. The van der Waals surface area contributed by atoms with Gasteiger partial charge in [-0.05, 0) is 82.4 Å². The minimum Gasteiger partial charge on any atom is -0.396 e. The first kappa shape index (κ1) is 31.1. The van der Waals surface area contributed by atoms with E-state index in [1.807, 2.05) is 4.57 Å². The van der Waals surface area contributed by atoms with Crippen molar-refractivity contribution in [1.82, 2.24) is 30.2 Å². The Labute approximate surface area is 251 Å². The van der Waals surface area contributed by atoms with E-state index in [0.29, 0.717) is 29.6 Å². The van der Waals surface area contributed by atoms with Gasteiger partial charge in [-0.3, -0.25) is 9.36 Å². The van der Waals surface area contributed by atoms with Crippen molar-refractivity contribution in [1.29, 1.82) is 0 Å². The van der Waals surface area contributed by atoms with Gasteiger partial charge in [0, 0.05) is 37.7 Å². The molecule has 2 aromatic heterocycles. The molecule has 5 N–H and O–H groups in total. The molecule has 2 saturated carbocycles. The third-order valence-electron chi connectivity index (χ3n) is 8.81. The lowest BCUT2D eigenvalue weighted by Gasteiger charge is -2.30. The summed E-state index contributed by atoms with van der Waals surface area (Å²) in [6.07, 6.45) is 10.5. The van der Waals surface area contributed by atoms with Gasteiger partial charge in [0.25, 0.3) is 0 Å². The summed E-state index contributed by atoms with van der Waals surface area (Å²) in [7, 11) is 0. The molecule has 2 aliphatic rings. The molecule has 1 amide bonds. The number of para-hydroxylation sites is 1. The lowest BCUT2D eigenvalue weighted by molar-refractivity contribution is -0.125. The third kappa shape index (κ3) is 7.77. The van der Waals surface area contributed by atoms with E-state index in [4.69, 9.17) is 4.98 Å². The summed E-state index contributed by atoms with van der Waals surface area (Å²) in [5, 5.41) is 22.4. The van der Waals surface area contributed by atoms with Crippen LogP contribution in [0.4, 0.5) is 26.4 Å². The van der Waals surface area contributed by atoms with Crippen LogP contribution in [0.5, 0.6) is 0 Å². The Morgan fingerprint density at radius 3 is 2.44 bits per heavy atom. The molecule has 3 aromatic rings. The molecule has 43 heavy (non-hydrogen) atoms. The number of carbonyl (C=O) groups is 1. The summed E-state index contributed by atoms with van der Waals surface area (Å²) >= 11 is 0. The van der Waals surface area contributed by atoms with E-state index in [9.17, 15) is 18.7 Å². The summed E-state index contributed by atoms with van der Waals surface area (Å²) in [6.45, 7) is 4.72. The molecule has 0 spiro atoms. The van der Waals surface area contributed by atoms with E-state index >= 15 is 0 Å². The summed E-state index contributed by atoms with van der Waals surface area (Å²) in [4.78, 5) is 26.6. The SMILES string of the molecule is CCCCNCCNC(=O)[C@H]1CC[C@H](Nc2ncc3nc(Nc4c(F)cccc4F)n([C@H]4CC[C@@H](CO)CC4)c3n2)CC1. The van der Waals surface area contributed by atoms with E-state index in [0.717, 1.165) is 77.3 Å². The molecule has 0 aliphatic heterocycles. The number of anilines is 3. The number of benzene rings is 1. The summed E-state index contributed by atoms with van der Waals surface area (Å²) in [5.41, 5.74) is 0.853. The number of amides is 1. The highest BCUT2D eigenvalue weighted by molar-refractivity contribution is 5.79. The van der Waals surface area contributed by atoms with Crippen LogP contribution in [0, 0.1) is 23.5 Å². The highest BCUT2D eigenvalue weighted by atomic mass is 19.1. The first-order chi connectivity index (χ1) is 21.0. The first-order valence-corrected chi connectivity index (χ1v) is 15.8. The summed E-state index contributed by atoms with van der Waals surface area (Å²) < 4.78 is 31.0. The standard InChI is InChI=1S/C31H44F2N8O2/c1-2-3-15-34-16-17-35-29(43)21-9-11-22(12-10-21)37-30-36-18-26-28(40-30)41(23-13-7-20(19-42)8-14-23)31(38-26)39-27-24(32)5-4-6-25(27)33/h4-6,18,20-23,34,42H,2-3,7-17,19H2,1H3,(H,35,43)(H,38,39)(H,36,37,40)/t20-,21-,22-,23+. The molecule has 2 aliphatic carbocycles. The fraction of sp³-hybridized carbons (Fsp3) is 0.613. The van der Waals surface area contributed by atoms with Gasteiger partial charge in [0.05, 0.1) is 6.20 Å². The van der Waals surface area contributed by atoms with Crippen molar-refractivity contribution >= 4 is 34.7 Å². The number of halogens is 2. The normalized spacial score (nSPS) is 22.4. The number of nitrogens with zero attached hydrogens (tertiary/aromatic N) is 4. The number of carbonyl (C=O) groups excluding carboxylic acids is 1. The van der Waals surface area contributed by atoms with Crippen LogP contribution >= 0.6 is 0 Å². The van der Waals surface area contributed by atoms with Gasteiger partial charge in [-0.1, -0.05) is 19.4 Å². The van der Waals surface area contributed by atoms with E-state index in [2.05, 4.69) is 38.2 Å². The Balaban J connectivity index is 1.26. The zero-order valence-electron chi connectivity index (χ0n) is 24.9. The second kappa shape index (κ2) is 14.9. The molecule has 2 fully saturated rings. The topological polar surface area (TPSA) is 129 Å². The predicted molar refractivity (Wildman–Crippen MR) is 163 cm³/mol. The minimum absolute atomic E-state index is 0.00341. The second-order valence-corrected chi connectivity index (χ2v) is 11.9. The molecule has 0 bridgehead atoms. The Morgan fingerprint density at radius 1 is 1.00 bits per heavy atom. The van der Waals surface area contributed by atoms with Crippen LogP contribution in [-0.2, 0) is 4.79 Å². The van der Waals surface area contributed by atoms with Gasteiger partial charge in [-0.25, -0.2) is 18.7 Å². The van der Waals surface area contributed by atoms with Crippen LogP contribution in [0.1, 0.15) is 77.2 Å². The molecule has 0 unspecified atom stereocenters. The Hall–Kier alpha value is -3.38. The van der Waals surface area contributed by atoms with E-state index in [-0.39, 0.29) is 42.1 Å². The van der Waals surface area contributed by atoms with Crippen LogP contribution in [-0.4, -0.2) is 62.8 Å². The number of rotatable bonds is 13. The van der Waals surface area contributed by atoms with Crippen LogP contribution in [0.3, 0.4) is 0 Å². The van der Waals surface area contributed by atoms with Gasteiger partial charge < -0.3 is 26.4 Å². The number of hydrogen-bond acceptors (Lipinski definition) is 8. The van der Waals surface area contributed by atoms with Crippen LogP contribution in [0.25, 0.3) is 11.2 Å². The average Bonchev–Trinajstić information content (AvgIpc) is 3.38. The molecular weight excluding hydrogens is 554 g/mol. The molecule has 10 nitrogen and oxygen atoms in total. The lowest BCUT2D eigenvalue weighted by atomic mass is 9.85. The van der Waals surface area contributed by atoms with Crippen LogP contribution < -0.4 is 21.3 Å². The van der Waals surface area contributed by atoms with Gasteiger partial charge in [-0.2, -0.15) is 4.98 Å². The zero-order valence-corrected chi connectivity index (χ0v) is 24.9. The van der Waals surface area contributed by atoms with Gasteiger partial charge in [-0.15, -0.1) is 0 Å². The average molecular weight is 599 g/mol. The second-order valence-electron chi connectivity index (χ2n) is 11.9. The van der Waals surface area contributed by atoms with E-state index < -0.39 is 11.6 Å². The van der Waals surface area contributed by atoms with Crippen molar-refractivity contribution < 1.29 is 18.7 Å². The van der Waals surface area contributed by atoms with Crippen molar-refractivity contribution in [3.05, 3.63) is 36.0 Å². The van der Waals surface area contributed by atoms with Crippen molar-refractivity contribution in [2.45, 2.75) is 83.2 Å². The number of aliphatic hydroxyl groups is 1. The minimum atomic E-state index is -0.705. The fourth-order valence-corrected chi connectivity index (χ4v) is 6.24. The Kier molecular flexibility index (Phi) is 10.7. The lowest BCUT2D eigenvalue weighted by Crippen LogP contribution is -2.39. The number of imidazole rings is 1. The predicted octanol–water partition coefficient (Wildman–Crippen LogP) is 5.05.